The highest BCUT2D eigenvalue weighted by molar-refractivity contribution is 7.22. The van der Waals surface area contributed by atoms with E-state index in [2.05, 4.69) is 10.3 Å². The van der Waals surface area contributed by atoms with Gasteiger partial charge in [0.15, 0.2) is 11.2 Å². The molecule has 1 heterocycles. The number of fused-ring (bicyclic) bond motifs is 1. The summed E-state index contributed by atoms with van der Waals surface area (Å²) in [5.41, 5.74) is 0.805. The molecule has 1 amide bonds. The zero-order valence-corrected chi connectivity index (χ0v) is 14.6. The van der Waals surface area contributed by atoms with Gasteiger partial charge in [0.2, 0.25) is 0 Å². The van der Waals surface area contributed by atoms with Gasteiger partial charge in [0, 0.05) is 5.02 Å². The van der Waals surface area contributed by atoms with E-state index < -0.39 is 6.10 Å². The first-order valence-electron chi connectivity index (χ1n) is 7.23. The molecule has 0 saturated carbocycles. The van der Waals surface area contributed by atoms with Crippen LogP contribution in [0.25, 0.3) is 10.2 Å². The van der Waals surface area contributed by atoms with Gasteiger partial charge in [-0.3, -0.25) is 10.1 Å². The van der Waals surface area contributed by atoms with Gasteiger partial charge < -0.3 is 9.47 Å². The number of carbonyl (C=O) groups excluding carboxylic acids is 1. The molecule has 1 aromatic heterocycles. The van der Waals surface area contributed by atoms with Gasteiger partial charge in [0.25, 0.3) is 5.91 Å². The van der Waals surface area contributed by atoms with Gasteiger partial charge in [-0.15, -0.1) is 0 Å². The lowest BCUT2D eigenvalue weighted by Gasteiger charge is -2.13. The largest absolute Gasteiger partial charge is 0.497 e. The topological polar surface area (TPSA) is 60.5 Å². The predicted octanol–water partition coefficient (Wildman–Crippen LogP) is 4.36. The van der Waals surface area contributed by atoms with Crippen molar-refractivity contribution < 1.29 is 14.3 Å². The highest BCUT2D eigenvalue weighted by Gasteiger charge is 2.17. The van der Waals surface area contributed by atoms with E-state index in [0.29, 0.717) is 15.9 Å². The molecule has 3 aromatic rings. The summed E-state index contributed by atoms with van der Waals surface area (Å²) < 4.78 is 11.7. The lowest BCUT2D eigenvalue weighted by Crippen LogP contribution is -2.30. The Balaban J connectivity index is 1.69. The van der Waals surface area contributed by atoms with Gasteiger partial charge in [-0.25, -0.2) is 4.98 Å². The number of hydrogen-bond donors (Lipinski definition) is 1. The summed E-state index contributed by atoms with van der Waals surface area (Å²) >= 11 is 7.29. The Bertz CT molecular complexity index is 881. The van der Waals surface area contributed by atoms with Crippen LogP contribution in [0, 0.1) is 0 Å². The fraction of sp³-hybridized carbons (Fsp3) is 0.176. The first-order valence-corrected chi connectivity index (χ1v) is 8.42. The van der Waals surface area contributed by atoms with Crippen LogP contribution in [-0.4, -0.2) is 24.1 Å². The number of nitrogens with zero attached hydrogens (tertiary/aromatic N) is 1. The van der Waals surface area contributed by atoms with Gasteiger partial charge in [0.05, 0.1) is 17.3 Å². The molecule has 0 spiro atoms. The molecule has 0 saturated heterocycles. The fourth-order valence-electron chi connectivity index (χ4n) is 2.09. The van der Waals surface area contributed by atoms with Gasteiger partial charge in [-0.05, 0) is 43.3 Å². The number of hydrogen-bond acceptors (Lipinski definition) is 5. The summed E-state index contributed by atoms with van der Waals surface area (Å²) in [6.07, 6.45) is -0.676. The second-order valence-corrected chi connectivity index (χ2v) is 6.53. The normalized spacial score (nSPS) is 12.0. The summed E-state index contributed by atoms with van der Waals surface area (Å²) in [4.78, 5) is 16.7. The van der Waals surface area contributed by atoms with E-state index in [-0.39, 0.29) is 5.91 Å². The highest BCUT2D eigenvalue weighted by Crippen LogP contribution is 2.29. The number of nitrogens with one attached hydrogen (secondary N) is 1. The number of carbonyl (C=O) groups is 1. The number of thiazole rings is 1. The van der Waals surface area contributed by atoms with Gasteiger partial charge in [0.1, 0.15) is 11.5 Å². The van der Waals surface area contributed by atoms with Crippen molar-refractivity contribution in [1.82, 2.24) is 4.98 Å². The molecule has 1 atom stereocenters. The van der Waals surface area contributed by atoms with Crippen LogP contribution in [-0.2, 0) is 4.79 Å². The third kappa shape index (κ3) is 3.77. The minimum Gasteiger partial charge on any atom is -0.497 e. The van der Waals surface area contributed by atoms with Crippen LogP contribution in [0.1, 0.15) is 6.92 Å². The number of methoxy groups -OCH3 is 1. The van der Waals surface area contributed by atoms with E-state index in [1.54, 1.807) is 38.3 Å². The second-order valence-electron chi connectivity index (χ2n) is 5.06. The Hall–Kier alpha value is -2.31. The minimum atomic E-state index is -0.676. The van der Waals surface area contributed by atoms with E-state index in [0.717, 1.165) is 16.0 Å². The molecule has 0 radical (unpaired) electrons. The summed E-state index contributed by atoms with van der Waals surface area (Å²) in [6, 6.07) is 12.5. The van der Waals surface area contributed by atoms with Gasteiger partial charge in [-0.2, -0.15) is 0 Å². The molecule has 0 aliphatic heterocycles. The van der Waals surface area contributed by atoms with Crippen LogP contribution in [0.3, 0.4) is 0 Å². The predicted molar refractivity (Wildman–Crippen MR) is 96.3 cm³/mol. The van der Waals surface area contributed by atoms with Crippen molar-refractivity contribution >= 4 is 44.2 Å². The third-order valence-electron chi connectivity index (χ3n) is 3.30. The maximum absolute atomic E-state index is 12.3. The smallest absolute Gasteiger partial charge is 0.266 e. The van der Waals surface area contributed by atoms with Crippen molar-refractivity contribution in [2.24, 2.45) is 0 Å². The molecule has 0 bridgehead atoms. The van der Waals surface area contributed by atoms with Gasteiger partial charge in [-0.1, -0.05) is 29.0 Å². The summed E-state index contributed by atoms with van der Waals surface area (Å²) in [5.74, 6) is 1.02. The quantitative estimate of drug-likeness (QED) is 0.732. The number of anilines is 1. The van der Waals surface area contributed by atoms with Crippen LogP contribution in [0.4, 0.5) is 5.13 Å². The number of aromatic nitrogens is 1. The van der Waals surface area contributed by atoms with E-state index >= 15 is 0 Å². The second kappa shape index (κ2) is 7.07. The van der Waals surface area contributed by atoms with Crippen molar-refractivity contribution in [3.8, 4) is 11.5 Å². The number of amides is 1. The van der Waals surface area contributed by atoms with E-state index in [1.165, 1.54) is 11.3 Å². The maximum Gasteiger partial charge on any atom is 0.266 e. The summed E-state index contributed by atoms with van der Waals surface area (Å²) in [5, 5.41) is 3.85. The molecule has 1 N–H and O–H groups in total. The van der Waals surface area contributed by atoms with Crippen molar-refractivity contribution in [2.45, 2.75) is 13.0 Å². The Morgan fingerprint density at radius 3 is 2.83 bits per heavy atom. The fourth-order valence-corrected chi connectivity index (χ4v) is 3.17. The zero-order chi connectivity index (χ0) is 17.1. The SMILES string of the molecule is COc1ccc2nc(NC(=O)[C@@H](C)Oc3cccc(Cl)c3)sc2c1. The minimum absolute atomic E-state index is 0.277. The van der Waals surface area contributed by atoms with Crippen molar-refractivity contribution in [3.05, 3.63) is 47.5 Å². The monoisotopic (exact) mass is 362 g/mol. The Labute approximate surface area is 148 Å². The number of benzene rings is 2. The van der Waals surface area contributed by atoms with Crippen molar-refractivity contribution in [3.63, 3.8) is 0 Å². The highest BCUT2D eigenvalue weighted by atomic mass is 35.5. The van der Waals surface area contributed by atoms with E-state index in [4.69, 9.17) is 21.1 Å². The molecule has 0 unspecified atom stereocenters. The zero-order valence-electron chi connectivity index (χ0n) is 13.1. The molecular formula is C17H15ClN2O3S. The summed E-state index contributed by atoms with van der Waals surface area (Å²) in [7, 11) is 1.61. The Morgan fingerprint density at radius 2 is 2.08 bits per heavy atom. The maximum atomic E-state index is 12.3. The first-order chi connectivity index (χ1) is 11.5. The molecule has 24 heavy (non-hydrogen) atoms. The molecule has 7 heteroatoms. The van der Waals surface area contributed by atoms with Crippen molar-refractivity contribution in [1.29, 1.82) is 0 Å². The molecular weight excluding hydrogens is 348 g/mol. The lowest BCUT2D eigenvalue weighted by molar-refractivity contribution is -0.122. The molecule has 2 aromatic carbocycles. The lowest BCUT2D eigenvalue weighted by atomic mass is 10.3. The number of halogens is 1. The average Bonchev–Trinajstić information content (AvgIpc) is 2.95. The van der Waals surface area contributed by atoms with Crippen LogP contribution in [0.5, 0.6) is 11.5 Å². The molecule has 3 rings (SSSR count). The first kappa shape index (κ1) is 16.5. The van der Waals surface area contributed by atoms with E-state index in [1.807, 2.05) is 18.2 Å². The standard InChI is InChI=1S/C17H15ClN2O3S/c1-10(23-13-5-3-4-11(18)8-13)16(21)20-17-19-14-7-6-12(22-2)9-15(14)24-17/h3-10H,1-2H3,(H,19,20,21)/t10-/m1/s1. The van der Waals surface area contributed by atoms with Gasteiger partial charge >= 0.3 is 0 Å². The average molecular weight is 363 g/mol. The van der Waals surface area contributed by atoms with Crippen LogP contribution >= 0.6 is 22.9 Å². The third-order valence-corrected chi connectivity index (χ3v) is 4.47. The number of ether oxygens (including phenoxy) is 2. The van der Waals surface area contributed by atoms with E-state index in [9.17, 15) is 4.79 Å². The summed E-state index contributed by atoms with van der Waals surface area (Å²) in [6.45, 7) is 1.67. The number of rotatable bonds is 5. The molecule has 0 aliphatic carbocycles. The van der Waals surface area contributed by atoms with Crippen LogP contribution < -0.4 is 14.8 Å². The molecule has 5 nitrogen and oxygen atoms in total. The Kier molecular flexibility index (Phi) is 4.87. The molecule has 0 fully saturated rings. The molecule has 0 aliphatic rings. The molecule has 124 valence electrons. The Morgan fingerprint density at radius 1 is 1.25 bits per heavy atom. The van der Waals surface area contributed by atoms with Crippen LogP contribution in [0.15, 0.2) is 42.5 Å². The van der Waals surface area contributed by atoms with Crippen molar-refractivity contribution in [2.75, 3.05) is 12.4 Å². The van der Waals surface area contributed by atoms with Crippen LogP contribution in [0.2, 0.25) is 5.02 Å².